The molecule has 2 nitrogen and oxygen atoms in total. The van der Waals surface area contributed by atoms with Crippen molar-refractivity contribution in [3.8, 4) is 11.8 Å². The van der Waals surface area contributed by atoms with Gasteiger partial charge in [0.2, 0.25) is 0 Å². The summed E-state index contributed by atoms with van der Waals surface area (Å²) < 4.78 is 13.3. The van der Waals surface area contributed by atoms with Crippen LogP contribution in [0.2, 0.25) is 0 Å². The highest BCUT2D eigenvalue weighted by Crippen LogP contribution is 2.17. The molecule has 0 atom stereocenters. The predicted molar refractivity (Wildman–Crippen MR) is 78.1 cm³/mol. The van der Waals surface area contributed by atoms with Crippen LogP contribution in [0, 0.1) is 23.1 Å². The minimum absolute atomic E-state index is 0.234. The van der Waals surface area contributed by atoms with Gasteiger partial charge in [0.05, 0.1) is 6.54 Å². The van der Waals surface area contributed by atoms with Crippen molar-refractivity contribution in [2.45, 2.75) is 27.3 Å². The molecule has 1 aromatic carbocycles. The number of nitrogens with zero attached hydrogens (tertiary/aromatic N) is 1. The lowest BCUT2D eigenvalue weighted by atomic mass is 9.96. The van der Waals surface area contributed by atoms with E-state index in [1.165, 1.54) is 12.1 Å². The summed E-state index contributed by atoms with van der Waals surface area (Å²) in [4.78, 5) is 2.22. The van der Waals surface area contributed by atoms with Crippen LogP contribution in [0.3, 0.4) is 0 Å². The minimum atomic E-state index is -0.261. The predicted octanol–water partition coefficient (Wildman–Crippen LogP) is 2.61. The summed E-state index contributed by atoms with van der Waals surface area (Å²) >= 11 is 0. The van der Waals surface area contributed by atoms with Crippen LogP contribution in [0.25, 0.3) is 0 Å². The largest absolute Gasteiger partial charge is 0.320 e. The molecule has 0 bridgehead atoms. The first-order valence-electron chi connectivity index (χ1n) is 6.48. The van der Waals surface area contributed by atoms with Gasteiger partial charge in [0.1, 0.15) is 5.82 Å². The Morgan fingerprint density at radius 1 is 1.32 bits per heavy atom. The van der Waals surface area contributed by atoms with Crippen molar-refractivity contribution in [1.82, 2.24) is 4.90 Å². The zero-order chi connectivity index (χ0) is 14.5. The van der Waals surface area contributed by atoms with Crippen LogP contribution in [-0.4, -0.2) is 25.0 Å². The number of hydrogen-bond donors (Lipinski definition) is 1. The quantitative estimate of drug-likeness (QED) is 0.848. The number of halogens is 1. The van der Waals surface area contributed by atoms with Gasteiger partial charge in [-0.05, 0) is 30.2 Å². The van der Waals surface area contributed by atoms with E-state index in [-0.39, 0.29) is 17.8 Å². The molecule has 2 N–H and O–H groups in total. The van der Waals surface area contributed by atoms with E-state index in [9.17, 15) is 4.39 Å². The second-order valence-electron chi connectivity index (χ2n) is 6.04. The van der Waals surface area contributed by atoms with Crippen molar-refractivity contribution in [3.63, 3.8) is 0 Å². The minimum Gasteiger partial charge on any atom is -0.320 e. The Labute approximate surface area is 115 Å². The summed E-state index contributed by atoms with van der Waals surface area (Å²) in [6.07, 6.45) is 0. The average Bonchev–Trinajstić information content (AvgIpc) is 2.27. The van der Waals surface area contributed by atoms with Crippen LogP contribution in [0.15, 0.2) is 18.2 Å². The summed E-state index contributed by atoms with van der Waals surface area (Å²) in [6.45, 7) is 8.60. The third-order valence-corrected chi connectivity index (χ3v) is 2.58. The lowest BCUT2D eigenvalue weighted by Crippen LogP contribution is -2.29. The van der Waals surface area contributed by atoms with Gasteiger partial charge in [0, 0.05) is 18.7 Å². The third-order valence-electron chi connectivity index (χ3n) is 2.58. The van der Waals surface area contributed by atoms with Gasteiger partial charge in [-0.25, -0.2) is 4.39 Å². The monoisotopic (exact) mass is 262 g/mol. The molecule has 19 heavy (non-hydrogen) atoms. The van der Waals surface area contributed by atoms with Crippen LogP contribution >= 0.6 is 0 Å². The molecule has 1 rings (SSSR count). The summed E-state index contributed by atoms with van der Waals surface area (Å²) in [5.41, 5.74) is 7.37. The fourth-order valence-corrected chi connectivity index (χ4v) is 2.11. The zero-order valence-electron chi connectivity index (χ0n) is 12.3. The fourth-order valence-electron chi connectivity index (χ4n) is 2.11. The van der Waals surface area contributed by atoms with Crippen molar-refractivity contribution in [2.24, 2.45) is 11.1 Å². The smallest absolute Gasteiger partial charge is 0.124 e. The van der Waals surface area contributed by atoms with Crippen molar-refractivity contribution in [2.75, 3.05) is 20.1 Å². The Bertz CT molecular complexity index is 478. The molecule has 0 saturated heterocycles. The molecular formula is C16H23FN2. The molecule has 1 aromatic rings. The normalized spacial score (nSPS) is 11.3. The van der Waals surface area contributed by atoms with Gasteiger partial charge >= 0.3 is 0 Å². The van der Waals surface area contributed by atoms with Crippen molar-refractivity contribution in [1.29, 1.82) is 0 Å². The molecule has 0 saturated carbocycles. The summed E-state index contributed by atoms with van der Waals surface area (Å²) in [5.74, 6) is 5.47. The van der Waals surface area contributed by atoms with Crippen molar-refractivity contribution >= 4 is 0 Å². The maximum Gasteiger partial charge on any atom is 0.124 e. The van der Waals surface area contributed by atoms with Crippen LogP contribution in [0.4, 0.5) is 4.39 Å². The van der Waals surface area contributed by atoms with E-state index < -0.39 is 0 Å². The summed E-state index contributed by atoms with van der Waals surface area (Å²) in [5, 5.41) is 0. The number of rotatable bonds is 3. The maximum atomic E-state index is 13.3. The van der Waals surface area contributed by atoms with Crippen LogP contribution in [0.1, 0.15) is 31.9 Å². The molecule has 0 fully saturated rings. The van der Waals surface area contributed by atoms with E-state index in [1.807, 2.05) is 0 Å². The van der Waals surface area contributed by atoms with E-state index in [0.29, 0.717) is 0 Å². The highest BCUT2D eigenvalue weighted by molar-refractivity contribution is 5.41. The number of hydrogen-bond acceptors (Lipinski definition) is 2. The standard InChI is InChI=1S/C16H23FN2/c1-16(2,3)12-19(4)11-14-7-8-15(17)10-13(14)6-5-9-18/h7-8,10H,9,11-12,18H2,1-4H3. The van der Waals surface area contributed by atoms with Crippen molar-refractivity contribution < 1.29 is 4.39 Å². The number of benzene rings is 1. The molecule has 0 aromatic heterocycles. The lowest BCUT2D eigenvalue weighted by Gasteiger charge is -2.26. The molecule has 0 aliphatic heterocycles. The molecule has 0 amide bonds. The molecule has 0 aliphatic carbocycles. The van der Waals surface area contributed by atoms with Crippen molar-refractivity contribution in [3.05, 3.63) is 35.1 Å². The van der Waals surface area contributed by atoms with Crippen LogP contribution in [0.5, 0.6) is 0 Å². The Kier molecular flexibility index (Phi) is 5.53. The fraction of sp³-hybridized carbons (Fsp3) is 0.500. The Morgan fingerprint density at radius 3 is 2.58 bits per heavy atom. The molecule has 0 unspecified atom stereocenters. The van der Waals surface area contributed by atoms with E-state index in [4.69, 9.17) is 5.73 Å². The topological polar surface area (TPSA) is 29.3 Å². The van der Waals surface area contributed by atoms with Gasteiger partial charge in [-0.2, -0.15) is 0 Å². The SMILES string of the molecule is CN(Cc1ccc(F)cc1C#CCN)CC(C)(C)C. The highest BCUT2D eigenvalue weighted by Gasteiger charge is 2.14. The molecule has 0 aliphatic rings. The molecular weight excluding hydrogens is 239 g/mol. The Balaban J connectivity index is 2.88. The van der Waals surface area contributed by atoms with Gasteiger partial charge in [0.15, 0.2) is 0 Å². The highest BCUT2D eigenvalue weighted by atomic mass is 19.1. The Hall–Kier alpha value is -1.37. The van der Waals surface area contributed by atoms with E-state index in [0.717, 1.165) is 24.2 Å². The second-order valence-corrected chi connectivity index (χ2v) is 6.04. The third kappa shape index (κ3) is 5.87. The van der Waals surface area contributed by atoms with Gasteiger partial charge in [0.25, 0.3) is 0 Å². The number of nitrogens with two attached hydrogens (primary N) is 1. The lowest BCUT2D eigenvalue weighted by molar-refractivity contribution is 0.220. The first kappa shape index (κ1) is 15.7. The van der Waals surface area contributed by atoms with Crippen LogP contribution in [-0.2, 0) is 6.54 Å². The van der Waals surface area contributed by atoms with Gasteiger partial charge in [-0.15, -0.1) is 0 Å². The second kappa shape index (κ2) is 6.70. The molecule has 104 valence electrons. The van der Waals surface area contributed by atoms with E-state index >= 15 is 0 Å². The molecule has 0 spiro atoms. The van der Waals surface area contributed by atoms with Gasteiger partial charge < -0.3 is 10.6 Å². The first-order chi connectivity index (χ1) is 8.81. The van der Waals surface area contributed by atoms with Gasteiger partial charge in [-0.1, -0.05) is 38.7 Å². The first-order valence-corrected chi connectivity index (χ1v) is 6.48. The molecule has 0 radical (unpaired) electrons. The zero-order valence-corrected chi connectivity index (χ0v) is 12.3. The van der Waals surface area contributed by atoms with Gasteiger partial charge in [-0.3, -0.25) is 0 Å². The maximum absolute atomic E-state index is 13.3. The Morgan fingerprint density at radius 2 is 2.00 bits per heavy atom. The van der Waals surface area contributed by atoms with E-state index in [1.54, 1.807) is 6.07 Å². The summed E-state index contributed by atoms with van der Waals surface area (Å²) in [6, 6.07) is 4.76. The molecule has 0 heterocycles. The van der Waals surface area contributed by atoms with E-state index in [2.05, 4.69) is 44.6 Å². The summed E-state index contributed by atoms with van der Waals surface area (Å²) in [7, 11) is 2.06. The molecule has 3 heteroatoms. The average molecular weight is 262 g/mol. The van der Waals surface area contributed by atoms with Crippen LogP contribution < -0.4 is 5.73 Å².